The second-order valence-corrected chi connectivity index (χ2v) is 10.8. The highest BCUT2D eigenvalue weighted by Gasteiger charge is 2.30. The summed E-state index contributed by atoms with van der Waals surface area (Å²) in [6.07, 6.45) is 4.55. The zero-order chi connectivity index (χ0) is 26.7. The summed E-state index contributed by atoms with van der Waals surface area (Å²) >= 11 is 0. The Hall–Kier alpha value is -2.74. The molecule has 2 aliphatic rings. The number of amides is 1. The highest BCUT2D eigenvalue weighted by atomic mass is 35.5. The maximum absolute atomic E-state index is 13.6. The molecule has 5 rings (SSSR count). The van der Waals surface area contributed by atoms with Crippen molar-refractivity contribution in [2.45, 2.75) is 37.5 Å². The average molecular weight is 564 g/mol. The van der Waals surface area contributed by atoms with Gasteiger partial charge in [-0.25, -0.2) is 9.68 Å². The Morgan fingerprint density at radius 3 is 1.52 bits per heavy atom. The largest absolute Gasteiger partial charge is 0.316 e. The Morgan fingerprint density at radius 2 is 1.12 bits per heavy atom. The Kier molecular flexibility index (Phi) is 12.0. The predicted octanol–water partition coefficient (Wildman–Crippen LogP) is 5.98. The lowest BCUT2D eigenvalue weighted by Crippen LogP contribution is -2.40. The molecule has 214 valence electrons. The van der Waals surface area contributed by atoms with Gasteiger partial charge in [0.15, 0.2) is 0 Å². The summed E-state index contributed by atoms with van der Waals surface area (Å²) in [5.74, 6) is 0.889. The molecule has 0 spiro atoms. The van der Waals surface area contributed by atoms with Gasteiger partial charge in [-0.1, -0.05) is 84.1 Å². The van der Waals surface area contributed by atoms with E-state index in [2.05, 4.69) is 59.2 Å². The minimum atomic E-state index is -0.280. The highest BCUT2D eigenvalue weighted by Crippen LogP contribution is 2.32. The normalized spacial score (nSPS) is 20.6. The lowest BCUT2D eigenvalue weighted by Gasteiger charge is -2.34. The van der Waals surface area contributed by atoms with E-state index in [9.17, 15) is 4.79 Å². The van der Waals surface area contributed by atoms with Gasteiger partial charge >= 0.3 is 5.91 Å². The number of nitrogens with zero attached hydrogens (tertiary/aromatic N) is 1. The van der Waals surface area contributed by atoms with Gasteiger partial charge in [0.1, 0.15) is 0 Å². The van der Waals surface area contributed by atoms with Gasteiger partial charge in [0.2, 0.25) is 0 Å². The van der Waals surface area contributed by atoms with Crippen molar-refractivity contribution in [1.29, 1.82) is 0 Å². The van der Waals surface area contributed by atoms with Gasteiger partial charge in [0.05, 0.1) is 13.2 Å². The summed E-state index contributed by atoms with van der Waals surface area (Å²) in [6.45, 7) is 4.74. The number of hydroxylamine groups is 2. The van der Waals surface area contributed by atoms with Crippen molar-refractivity contribution in [2.24, 2.45) is 11.8 Å². The van der Waals surface area contributed by atoms with Crippen molar-refractivity contribution in [3.05, 3.63) is 108 Å². The summed E-state index contributed by atoms with van der Waals surface area (Å²) in [7, 11) is 0. The van der Waals surface area contributed by atoms with Crippen LogP contribution in [0.5, 0.6) is 0 Å². The van der Waals surface area contributed by atoms with Crippen LogP contribution in [0.4, 0.5) is 0 Å². The number of piperidine rings is 2. The molecule has 4 unspecified atom stereocenters. The van der Waals surface area contributed by atoms with E-state index >= 15 is 0 Å². The molecule has 2 aliphatic heterocycles. The molecular formula is C33H42ClN3O3. The third-order valence-corrected chi connectivity index (χ3v) is 8.19. The number of carbonyl (C=O) groups is 1. The molecular weight excluding hydrogens is 522 g/mol. The van der Waals surface area contributed by atoms with Crippen LogP contribution in [0.1, 0.15) is 59.0 Å². The molecule has 4 atom stereocenters. The van der Waals surface area contributed by atoms with Gasteiger partial charge in [-0.3, -0.25) is 4.79 Å². The maximum Gasteiger partial charge on any atom is 0.303 e. The average Bonchev–Trinajstić information content (AvgIpc) is 3.02. The van der Waals surface area contributed by atoms with Crippen molar-refractivity contribution in [3.8, 4) is 0 Å². The van der Waals surface area contributed by atoms with Crippen molar-refractivity contribution >= 4 is 18.3 Å². The maximum atomic E-state index is 13.6. The van der Waals surface area contributed by atoms with E-state index in [4.69, 9.17) is 9.68 Å². The van der Waals surface area contributed by atoms with Crippen molar-refractivity contribution in [2.75, 3.05) is 39.4 Å². The van der Waals surface area contributed by atoms with Crippen LogP contribution in [0.2, 0.25) is 0 Å². The van der Waals surface area contributed by atoms with E-state index < -0.39 is 0 Å². The smallest absolute Gasteiger partial charge is 0.303 e. The second-order valence-electron chi connectivity index (χ2n) is 10.8. The Labute approximate surface area is 244 Å². The summed E-state index contributed by atoms with van der Waals surface area (Å²) < 4.78 is 0. The fraction of sp³-hybridized carbons (Fsp3) is 0.424. The van der Waals surface area contributed by atoms with Crippen LogP contribution in [-0.4, -0.2) is 50.5 Å². The lowest BCUT2D eigenvalue weighted by molar-refractivity contribution is -0.332. The second kappa shape index (κ2) is 15.9. The topological polar surface area (TPSA) is 62.8 Å². The molecule has 2 N–H and O–H groups in total. The number of rotatable bonds is 11. The number of hydrogen-bond acceptors (Lipinski definition) is 5. The van der Waals surface area contributed by atoms with Gasteiger partial charge in [0.25, 0.3) is 0 Å². The molecule has 40 heavy (non-hydrogen) atoms. The first kappa shape index (κ1) is 30.2. The molecule has 6 nitrogen and oxygen atoms in total. The summed E-state index contributed by atoms with van der Waals surface area (Å²) in [5, 5.41) is 8.25. The zero-order valence-corrected chi connectivity index (χ0v) is 23.9. The Morgan fingerprint density at radius 1 is 0.700 bits per heavy atom. The van der Waals surface area contributed by atoms with Crippen LogP contribution < -0.4 is 10.6 Å². The van der Waals surface area contributed by atoms with E-state index in [1.807, 2.05) is 42.5 Å². The summed E-state index contributed by atoms with van der Waals surface area (Å²) in [4.78, 5) is 26.3. The summed E-state index contributed by atoms with van der Waals surface area (Å²) in [6, 6.07) is 30.3. The van der Waals surface area contributed by atoms with E-state index in [0.717, 1.165) is 57.1 Å². The predicted molar refractivity (Wildman–Crippen MR) is 161 cm³/mol. The third kappa shape index (κ3) is 8.15. The highest BCUT2D eigenvalue weighted by molar-refractivity contribution is 5.92. The molecule has 7 heteroatoms. The minimum absolute atomic E-state index is 0. The lowest BCUT2D eigenvalue weighted by atomic mass is 9.82. The molecule has 0 saturated carbocycles. The number of benzene rings is 3. The minimum Gasteiger partial charge on any atom is -0.316 e. The Balaban J connectivity index is 0.00000370. The van der Waals surface area contributed by atoms with E-state index in [1.54, 1.807) is 0 Å². The summed E-state index contributed by atoms with van der Waals surface area (Å²) in [5.41, 5.74) is 3.01. The van der Waals surface area contributed by atoms with Crippen LogP contribution >= 0.6 is 12.4 Å². The van der Waals surface area contributed by atoms with Crippen LogP contribution in [0.15, 0.2) is 91.0 Å². The molecule has 2 heterocycles. The van der Waals surface area contributed by atoms with E-state index in [1.165, 1.54) is 11.1 Å². The van der Waals surface area contributed by atoms with E-state index in [0.29, 0.717) is 30.6 Å². The van der Waals surface area contributed by atoms with Gasteiger partial charge in [0, 0.05) is 17.4 Å². The van der Waals surface area contributed by atoms with Gasteiger partial charge in [-0.05, 0) is 87.0 Å². The number of hydrogen-bond donors (Lipinski definition) is 2. The number of carbonyl (C=O) groups excluding carboxylic acids is 1. The Bertz CT molecular complexity index is 1060. The van der Waals surface area contributed by atoms with Crippen molar-refractivity contribution in [1.82, 2.24) is 15.9 Å². The molecule has 2 saturated heterocycles. The molecule has 0 aromatic heterocycles. The first-order valence-corrected chi connectivity index (χ1v) is 14.5. The molecule has 0 aliphatic carbocycles. The van der Waals surface area contributed by atoms with Crippen molar-refractivity contribution in [3.63, 3.8) is 0 Å². The van der Waals surface area contributed by atoms with E-state index in [-0.39, 0.29) is 30.2 Å². The fourth-order valence-electron chi connectivity index (χ4n) is 5.99. The quantitative estimate of drug-likeness (QED) is 0.281. The fourth-order valence-corrected chi connectivity index (χ4v) is 5.99. The SMILES string of the molecule is Cl.O=C(c1ccccc1)N(OCC(c1ccccc1)C1CCCNC1)OCC(c1ccccc1)C1CCCNC1. The van der Waals surface area contributed by atoms with Crippen LogP contribution in [0.3, 0.4) is 0 Å². The first-order valence-electron chi connectivity index (χ1n) is 14.5. The van der Waals surface area contributed by atoms with Crippen molar-refractivity contribution < 1.29 is 14.5 Å². The van der Waals surface area contributed by atoms with Gasteiger partial charge in [-0.15, -0.1) is 12.4 Å². The molecule has 0 radical (unpaired) electrons. The molecule has 2 fully saturated rings. The number of nitrogens with one attached hydrogen (secondary N) is 2. The molecule has 0 bridgehead atoms. The first-order chi connectivity index (χ1) is 19.3. The van der Waals surface area contributed by atoms with Crippen LogP contribution in [0.25, 0.3) is 0 Å². The molecule has 3 aromatic rings. The third-order valence-electron chi connectivity index (χ3n) is 8.19. The zero-order valence-electron chi connectivity index (χ0n) is 23.1. The molecule has 3 aromatic carbocycles. The van der Waals surface area contributed by atoms with Gasteiger partial charge < -0.3 is 10.6 Å². The van der Waals surface area contributed by atoms with Crippen LogP contribution in [0, 0.1) is 11.8 Å². The molecule has 1 amide bonds. The van der Waals surface area contributed by atoms with Gasteiger partial charge in [-0.2, -0.15) is 0 Å². The monoisotopic (exact) mass is 563 g/mol. The van der Waals surface area contributed by atoms with Crippen LogP contribution in [-0.2, 0) is 9.68 Å². The standard InChI is InChI=1S/C33H41N3O3.ClH/c37-33(28-16-8-3-9-17-28)36(38-24-31(26-12-4-1-5-13-26)29-18-10-20-34-22-29)39-25-32(27-14-6-2-7-15-27)30-19-11-21-35-23-30;/h1-9,12-17,29-32,34-35H,10-11,18-25H2;1H. The number of halogens is 1.